The Hall–Kier alpha value is -1.95. The summed E-state index contributed by atoms with van der Waals surface area (Å²) in [5.41, 5.74) is 0. The van der Waals surface area contributed by atoms with Gasteiger partial charge in [-0.15, -0.1) is 0 Å². The van der Waals surface area contributed by atoms with Gasteiger partial charge in [-0.2, -0.15) is 39.5 Å². The maximum absolute atomic E-state index is 13.3. The number of alkyl halides is 9. The van der Waals surface area contributed by atoms with Crippen LogP contribution >= 0.6 is 0 Å². The molecule has 0 aromatic rings. The predicted octanol–water partition coefficient (Wildman–Crippen LogP) is 6.63. The van der Waals surface area contributed by atoms with E-state index in [2.05, 4.69) is 11.7 Å². The standard InChI is InChI=1S/C20H27F9O4/c1-2-3-4-5-6-7-8-9-13-32-15(30)10-11-16(31)33-14-12-17(21,22)18(23,24)19(25,26)20(27,28)29/h10-11H,2-9,12-14H2,1H3/b11-10-. The third-order valence-corrected chi connectivity index (χ3v) is 4.47. The quantitative estimate of drug-likeness (QED) is 0.103. The normalized spacial score (nSPS) is 13.4. The van der Waals surface area contributed by atoms with E-state index >= 15 is 0 Å². The molecule has 0 fully saturated rings. The summed E-state index contributed by atoms with van der Waals surface area (Å²) in [6.07, 6.45) is -0.257. The molecule has 33 heavy (non-hydrogen) atoms. The predicted molar refractivity (Wildman–Crippen MR) is 99.2 cm³/mol. The van der Waals surface area contributed by atoms with Crippen molar-refractivity contribution in [3.8, 4) is 0 Å². The first-order valence-corrected chi connectivity index (χ1v) is 10.3. The van der Waals surface area contributed by atoms with E-state index in [1.165, 1.54) is 6.42 Å². The summed E-state index contributed by atoms with van der Waals surface area (Å²) in [7, 11) is 0. The zero-order chi connectivity index (χ0) is 25.8. The zero-order valence-corrected chi connectivity index (χ0v) is 18.0. The summed E-state index contributed by atoms with van der Waals surface area (Å²) in [6, 6.07) is 0. The number of ether oxygens (including phenoxy) is 2. The molecule has 0 heterocycles. The Balaban J connectivity index is 4.28. The fourth-order valence-corrected chi connectivity index (χ4v) is 2.49. The molecule has 194 valence electrons. The Morgan fingerprint density at radius 2 is 1.06 bits per heavy atom. The average Bonchev–Trinajstić information content (AvgIpc) is 2.69. The van der Waals surface area contributed by atoms with Gasteiger partial charge < -0.3 is 9.47 Å². The van der Waals surface area contributed by atoms with Gasteiger partial charge in [-0.25, -0.2) is 9.59 Å². The molecule has 0 aliphatic rings. The smallest absolute Gasteiger partial charge is 0.460 e. The molecule has 0 amide bonds. The maximum atomic E-state index is 13.3. The van der Waals surface area contributed by atoms with Crippen molar-refractivity contribution in [2.75, 3.05) is 13.2 Å². The van der Waals surface area contributed by atoms with Crippen molar-refractivity contribution in [2.45, 2.75) is 88.7 Å². The van der Waals surface area contributed by atoms with Crippen LogP contribution in [-0.4, -0.2) is 49.1 Å². The van der Waals surface area contributed by atoms with Crippen LogP contribution in [0.2, 0.25) is 0 Å². The molecule has 0 N–H and O–H groups in total. The summed E-state index contributed by atoms with van der Waals surface area (Å²) < 4.78 is 123. The van der Waals surface area contributed by atoms with Crippen molar-refractivity contribution in [1.82, 2.24) is 0 Å². The molecule has 0 aromatic carbocycles. The number of rotatable bonds is 16. The van der Waals surface area contributed by atoms with E-state index in [1.807, 2.05) is 0 Å². The molecule has 0 atom stereocenters. The molecular formula is C20H27F9O4. The molecule has 0 unspecified atom stereocenters. The lowest BCUT2D eigenvalue weighted by atomic mass is 10.0. The Bertz CT molecular complexity index is 632. The molecule has 0 radical (unpaired) electrons. The second-order valence-electron chi connectivity index (χ2n) is 7.24. The second kappa shape index (κ2) is 13.7. The van der Waals surface area contributed by atoms with Crippen LogP contribution in [0.5, 0.6) is 0 Å². The van der Waals surface area contributed by atoms with Gasteiger partial charge in [0.15, 0.2) is 0 Å². The number of carbonyl (C=O) groups is 2. The molecular weight excluding hydrogens is 475 g/mol. The Kier molecular flexibility index (Phi) is 12.9. The van der Waals surface area contributed by atoms with Gasteiger partial charge >= 0.3 is 35.9 Å². The van der Waals surface area contributed by atoms with Crippen LogP contribution in [0.1, 0.15) is 64.7 Å². The highest BCUT2D eigenvalue weighted by Gasteiger charge is 2.81. The summed E-state index contributed by atoms with van der Waals surface area (Å²) >= 11 is 0. The van der Waals surface area contributed by atoms with Gasteiger partial charge in [0.1, 0.15) is 0 Å². The molecule has 0 aliphatic carbocycles. The summed E-state index contributed by atoms with van der Waals surface area (Å²) in [5.74, 6) is -22.1. The van der Waals surface area contributed by atoms with Crippen molar-refractivity contribution in [3.05, 3.63) is 12.2 Å². The maximum Gasteiger partial charge on any atom is 0.460 e. The van der Waals surface area contributed by atoms with Gasteiger partial charge in [-0.3, -0.25) is 0 Å². The number of carbonyl (C=O) groups excluding carboxylic acids is 2. The second-order valence-corrected chi connectivity index (χ2v) is 7.24. The van der Waals surface area contributed by atoms with Gasteiger partial charge in [0.05, 0.1) is 19.6 Å². The first-order chi connectivity index (χ1) is 15.1. The third kappa shape index (κ3) is 10.2. The number of hydrogen-bond donors (Lipinski definition) is 0. The Morgan fingerprint density at radius 1 is 0.636 bits per heavy atom. The monoisotopic (exact) mass is 502 g/mol. The number of halogens is 9. The minimum Gasteiger partial charge on any atom is -0.463 e. The van der Waals surface area contributed by atoms with E-state index in [-0.39, 0.29) is 6.61 Å². The van der Waals surface area contributed by atoms with Crippen molar-refractivity contribution in [2.24, 2.45) is 0 Å². The van der Waals surface area contributed by atoms with Crippen LogP contribution in [0, 0.1) is 0 Å². The van der Waals surface area contributed by atoms with E-state index in [4.69, 9.17) is 4.74 Å². The minimum absolute atomic E-state index is 0.0574. The van der Waals surface area contributed by atoms with Crippen LogP contribution in [0.3, 0.4) is 0 Å². The highest BCUT2D eigenvalue weighted by molar-refractivity contribution is 5.91. The van der Waals surface area contributed by atoms with Crippen LogP contribution in [0.4, 0.5) is 39.5 Å². The van der Waals surface area contributed by atoms with E-state index in [0.717, 1.165) is 38.5 Å². The molecule has 0 rings (SSSR count). The Labute approximate surface area is 185 Å². The highest BCUT2D eigenvalue weighted by Crippen LogP contribution is 2.53. The molecule has 13 heteroatoms. The zero-order valence-electron chi connectivity index (χ0n) is 18.0. The molecule has 0 spiro atoms. The van der Waals surface area contributed by atoms with Crippen molar-refractivity contribution in [3.63, 3.8) is 0 Å². The largest absolute Gasteiger partial charge is 0.463 e. The topological polar surface area (TPSA) is 52.6 Å². The molecule has 0 saturated carbocycles. The van der Waals surface area contributed by atoms with E-state index in [0.29, 0.717) is 18.6 Å². The fraction of sp³-hybridized carbons (Fsp3) is 0.800. The summed E-state index contributed by atoms with van der Waals surface area (Å²) in [6.45, 7) is 0.559. The third-order valence-electron chi connectivity index (χ3n) is 4.47. The summed E-state index contributed by atoms with van der Waals surface area (Å²) in [5, 5.41) is 0. The first-order valence-electron chi connectivity index (χ1n) is 10.3. The minimum atomic E-state index is -7.01. The van der Waals surface area contributed by atoms with Gasteiger partial charge in [0, 0.05) is 12.2 Å². The fourth-order valence-electron chi connectivity index (χ4n) is 2.49. The van der Waals surface area contributed by atoms with Crippen molar-refractivity contribution < 1.29 is 58.6 Å². The summed E-state index contributed by atoms with van der Waals surface area (Å²) in [4.78, 5) is 22.7. The highest BCUT2D eigenvalue weighted by atomic mass is 19.4. The van der Waals surface area contributed by atoms with Gasteiger partial charge in [-0.05, 0) is 6.42 Å². The molecule has 0 aliphatic heterocycles. The van der Waals surface area contributed by atoms with Gasteiger partial charge in [0.2, 0.25) is 0 Å². The van der Waals surface area contributed by atoms with Gasteiger partial charge in [0.25, 0.3) is 0 Å². The van der Waals surface area contributed by atoms with Crippen LogP contribution in [0.25, 0.3) is 0 Å². The number of esters is 2. The van der Waals surface area contributed by atoms with Crippen LogP contribution in [-0.2, 0) is 19.1 Å². The van der Waals surface area contributed by atoms with Crippen LogP contribution in [0.15, 0.2) is 12.2 Å². The average molecular weight is 502 g/mol. The molecule has 0 aromatic heterocycles. The lowest BCUT2D eigenvalue weighted by Gasteiger charge is -2.33. The molecule has 0 saturated heterocycles. The van der Waals surface area contributed by atoms with Gasteiger partial charge in [-0.1, -0.05) is 51.9 Å². The van der Waals surface area contributed by atoms with E-state index < -0.39 is 48.9 Å². The number of unbranched alkanes of at least 4 members (excludes halogenated alkanes) is 7. The van der Waals surface area contributed by atoms with Crippen molar-refractivity contribution >= 4 is 11.9 Å². The lowest BCUT2D eigenvalue weighted by Crippen LogP contribution is -2.61. The Morgan fingerprint density at radius 3 is 1.52 bits per heavy atom. The first kappa shape index (κ1) is 31.0. The molecule has 0 bridgehead atoms. The molecule has 4 nitrogen and oxygen atoms in total. The van der Waals surface area contributed by atoms with E-state index in [1.54, 1.807) is 0 Å². The van der Waals surface area contributed by atoms with Crippen molar-refractivity contribution in [1.29, 1.82) is 0 Å². The number of hydrogen-bond acceptors (Lipinski definition) is 4. The van der Waals surface area contributed by atoms with E-state index in [9.17, 15) is 49.1 Å². The lowest BCUT2D eigenvalue weighted by molar-refractivity contribution is -0.397. The van der Waals surface area contributed by atoms with Crippen LogP contribution < -0.4 is 0 Å². The SMILES string of the molecule is CCCCCCCCCCOC(=O)/C=C\C(=O)OCCC(F)(F)C(F)(F)C(F)(F)C(F)(F)F.